The Kier molecular flexibility index (Phi) is 7.64. The normalized spacial score (nSPS) is 11.1. The van der Waals surface area contributed by atoms with E-state index >= 15 is 0 Å². The third-order valence-corrected chi connectivity index (χ3v) is 3.69. The number of benzene rings is 1. The summed E-state index contributed by atoms with van der Waals surface area (Å²) in [6.45, 7) is 3.82. The molecule has 0 aliphatic carbocycles. The van der Waals surface area contributed by atoms with Gasteiger partial charge in [0.05, 0.1) is 13.2 Å². The smallest absolute Gasteiger partial charge is 0.191 e. The minimum atomic E-state index is 0. The minimum Gasteiger partial charge on any atom is -0.494 e. The molecular formula is C18H23IN6O. The van der Waals surface area contributed by atoms with Crippen molar-refractivity contribution < 1.29 is 4.74 Å². The van der Waals surface area contributed by atoms with Crippen LogP contribution in [-0.2, 0) is 13.1 Å². The van der Waals surface area contributed by atoms with Gasteiger partial charge in [0.25, 0.3) is 0 Å². The molecule has 2 N–H and O–H groups in total. The predicted molar refractivity (Wildman–Crippen MR) is 113 cm³/mol. The number of halogens is 1. The van der Waals surface area contributed by atoms with E-state index in [2.05, 4.69) is 31.9 Å². The summed E-state index contributed by atoms with van der Waals surface area (Å²) in [6, 6.07) is 13.8. The molecule has 7 nitrogen and oxygen atoms in total. The summed E-state index contributed by atoms with van der Waals surface area (Å²) in [6.07, 6.45) is 1.95. The standard InChI is InChI=1S/C18H22N6O.HI/c1-3-25-15-8-6-7-14(11-15)12-20-18(19-2)21-13-17-23-22-16-9-4-5-10-24(16)17;/h4-11H,3,12-13H2,1-2H3,(H2,19,20,21);1H. The first kappa shape index (κ1) is 20.0. The summed E-state index contributed by atoms with van der Waals surface area (Å²) >= 11 is 0. The molecule has 8 heteroatoms. The number of rotatable bonds is 6. The highest BCUT2D eigenvalue weighted by molar-refractivity contribution is 14.0. The molecule has 0 bridgehead atoms. The number of guanidine groups is 1. The maximum absolute atomic E-state index is 5.53. The SMILES string of the molecule is CCOc1cccc(CNC(=NC)NCc2nnc3ccccn23)c1.I. The fraction of sp³-hybridized carbons (Fsp3) is 0.278. The van der Waals surface area contributed by atoms with E-state index in [-0.39, 0.29) is 24.0 Å². The first-order chi connectivity index (χ1) is 12.3. The zero-order valence-electron chi connectivity index (χ0n) is 14.8. The number of nitrogens with one attached hydrogen (secondary N) is 2. The molecule has 138 valence electrons. The predicted octanol–water partition coefficient (Wildman–Crippen LogP) is 2.61. The molecule has 0 aliphatic rings. The molecule has 0 radical (unpaired) electrons. The number of aliphatic imine (C=N–C) groups is 1. The Morgan fingerprint density at radius 2 is 1.96 bits per heavy atom. The molecule has 0 amide bonds. The Hall–Kier alpha value is -2.36. The fourth-order valence-corrected chi connectivity index (χ4v) is 2.49. The van der Waals surface area contributed by atoms with Crippen molar-refractivity contribution in [1.82, 2.24) is 25.2 Å². The van der Waals surface area contributed by atoms with Crippen LogP contribution in [-0.4, -0.2) is 34.2 Å². The maximum atomic E-state index is 5.53. The Balaban J connectivity index is 0.00000243. The van der Waals surface area contributed by atoms with Gasteiger partial charge < -0.3 is 15.4 Å². The van der Waals surface area contributed by atoms with Crippen molar-refractivity contribution in [3.63, 3.8) is 0 Å². The number of pyridine rings is 1. The van der Waals surface area contributed by atoms with E-state index in [9.17, 15) is 0 Å². The third kappa shape index (κ3) is 5.07. The quantitative estimate of drug-likeness (QED) is 0.332. The Morgan fingerprint density at radius 3 is 2.77 bits per heavy atom. The lowest BCUT2D eigenvalue weighted by atomic mass is 10.2. The van der Waals surface area contributed by atoms with Gasteiger partial charge in [-0.15, -0.1) is 34.2 Å². The van der Waals surface area contributed by atoms with Crippen LogP contribution in [0.1, 0.15) is 18.3 Å². The van der Waals surface area contributed by atoms with Crippen molar-refractivity contribution in [2.24, 2.45) is 4.99 Å². The average molecular weight is 466 g/mol. The monoisotopic (exact) mass is 466 g/mol. The van der Waals surface area contributed by atoms with E-state index in [0.717, 1.165) is 22.8 Å². The average Bonchev–Trinajstić information content (AvgIpc) is 3.06. The van der Waals surface area contributed by atoms with Crippen LogP contribution in [0.25, 0.3) is 5.65 Å². The van der Waals surface area contributed by atoms with E-state index in [0.29, 0.717) is 25.7 Å². The second-order valence-electron chi connectivity index (χ2n) is 5.40. The van der Waals surface area contributed by atoms with Gasteiger partial charge in [-0.2, -0.15) is 0 Å². The van der Waals surface area contributed by atoms with Crippen LogP contribution >= 0.6 is 24.0 Å². The largest absolute Gasteiger partial charge is 0.494 e. The molecule has 0 unspecified atom stereocenters. The first-order valence-electron chi connectivity index (χ1n) is 8.25. The summed E-state index contributed by atoms with van der Waals surface area (Å²) in [5, 5.41) is 14.9. The molecule has 0 fully saturated rings. The van der Waals surface area contributed by atoms with Crippen LogP contribution in [0.15, 0.2) is 53.7 Å². The molecule has 0 saturated heterocycles. The third-order valence-electron chi connectivity index (χ3n) is 3.69. The van der Waals surface area contributed by atoms with Crippen molar-refractivity contribution in [2.45, 2.75) is 20.0 Å². The molecule has 2 heterocycles. The minimum absolute atomic E-state index is 0. The van der Waals surface area contributed by atoms with Crippen molar-refractivity contribution in [1.29, 1.82) is 0 Å². The van der Waals surface area contributed by atoms with Gasteiger partial charge in [-0.3, -0.25) is 9.39 Å². The second-order valence-corrected chi connectivity index (χ2v) is 5.40. The summed E-state index contributed by atoms with van der Waals surface area (Å²) in [4.78, 5) is 4.25. The molecule has 0 spiro atoms. The van der Waals surface area contributed by atoms with Crippen LogP contribution in [0.2, 0.25) is 0 Å². The van der Waals surface area contributed by atoms with Gasteiger partial charge in [0, 0.05) is 19.8 Å². The number of fused-ring (bicyclic) bond motifs is 1. The molecule has 26 heavy (non-hydrogen) atoms. The van der Waals surface area contributed by atoms with E-state index in [1.165, 1.54) is 0 Å². The number of ether oxygens (including phenoxy) is 1. The topological polar surface area (TPSA) is 75.8 Å². The van der Waals surface area contributed by atoms with E-state index in [1.54, 1.807) is 7.05 Å². The van der Waals surface area contributed by atoms with E-state index < -0.39 is 0 Å². The Morgan fingerprint density at radius 1 is 1.12 bits per heavy atom. The molecule has 0 saturated carbocycles. The number of aromatic nitrogens is 3. The molecule has 3 rings (SSSR count). The zero-order valence-corrected chi connectivity index (χ0v) is 17.2. The van der Waals surface area contributed by atoms with Crippen molar-refractivity contribution in [2.75, 3.05) is 13.7 Å². The van der Waals surface area contributed by atoms with Crippen LogP contribution in [0.5, 0.6) is 5.75 Å². The zero-order chi connectivity index (χ0) is 17.5. The van der Waals surface area contributed by atoms with Gasteiger partial charge in [0.1, 0.15) is 5.75 Å². The van der Waals surface area contributed by atoms with Crippen LogP contribution in [0.3, 0.4) is 0 Å². The molecule has 0 aliphatic heterocycles. The van der Waals surface area contributed by atoms with Gasteiger partial charge in [0.15, 0.2) is 17.4 Å². The highest BCUT2D eigenvalue weighted by atomic mass is 127. The fourth-order valence-electron chi connectivity index (χ4n) is 2.49. The van der Waals surface area contributed by atoms with Crippen molar-refractivity contribution >= 4 is 35.6 Å². The lowest BCUT2D eigenvalue weighted by molar-refractivity contribution is 0.340. The van der Waals surface area contributed by atoms with Gasteiger partial charge in [-0.05, 0) is 36.8 Å². The molecule has 3 aromatic rings. The highest BCUT2D eigenvalue weighted by Gasteiger charge is 2.06. The van der Waals surface area contributed by atoms with Crippen LogP contribution < -0.4 is 15.4 Å². The number of nitrogens with zero attached hydrogens (tertiary/aromatic N) is 4. The molecule has 1 aromatic carbocycles. The number of hydrogen-bond acceptors (Lipinski definition) is 4. The van der Waals surface area contributed by atoms with E-state index in [1.807, 2.05) is 53.9 Å². The molecular weight excluding hydrogens is 443 g/mol. The molecule has 2 aromatic heterocycles. The van der Waals surface area contributed by atoms with Gasteiger partial charge in [-0.25, -0.2) is 0 Å². The van der Waals surface area contributed by atoms with Crippen LogP contribution in [0.4, 0.5) is 0 Å². The summed E-state index contributed by atoms with van der Waals surface area (Å²) in [7, 11) is 1.74. The highest BCUT2D eigenvalue weighted by Crippen LogP contribution is 2.12. The van der Waals surface area contributed by atoms with Crippen molar-refractivity contribution in [3.8, 4) is 5.75 Å². The van der Waals surface area contributed by atoms with Gasteiger partial charge in [0.2, 0.25) is 0 Å². The van der Waals surface area contributed by atoms with Gasteiger partial charge in [-0.1, -0.05) is 18.2 Å². The lowest BCUT2D eigenvalue weighted by Gasteiger charge is -2.12. The lowest BCUT2D eigenvalue weighted by Crippen LogP contribution is -2.36. The summed E-state index contributed by atoms with van der Waals surface area (Å²) in [5.74, 6) is 2.41. The van der Waals surface area contributed by atoms with Crippen molar-refractivity contribution in [3.05, 3.63) is 60.0 Å². The summed E-state index contributed by atoms with van der Waals surface area (Å²) < 4.78 is 7.48. The number of hydrogen-bond donors (Lipinski definition) is 2. The Bertz CT molecular complexity index is 864. The molecule has 0 atom stereocenters. The second kappa shape index (κ2) is 9.95. The van der Waals surface area contributed by atoms with E-state index in [4.69, 9.17) is 4.74 Å². The van der Waals surface area contributed by atoms with Crippen LogP contribution in [0, 0.1) is 0 Å². The first-order valence-corrected chi connectivity index (χ1v) is 8.25. The Labute approximate surface area is 169 Å². The maximum Gasteiger partial charge on any atom is 0.191 e. The van der Waals surface area contributed by atoms with Gasteiger partial charge >= 0.3 is 0 Å². The summed E-state index contributed by atoms with van der Waals surface area (Å²) in [5.41, 5.74) is 1.96.